The molecule has 3 heterocycles. The topological polar surface area (TPSA) is 108 Å². The first-order valence-electron chi connectivity index (χ1n) is 7.51. The lowest BCUT2D eigenvalue weighted by Crippen LogP contribution is -2.24. The molecule has 0 bridgehead atoms. The van der Waals surface area contributed by atoms with Crippen molar-refractivity contribution in [3.63, 3.8) is 0 Å². The Morgan fingerprint density at radius 1 is 1.35 bits per heavy atom. The Kier molecular flexibility index (Phi) is 2.84. The van der Waals surface area contributed by atoms with Gasteiger partial charge in [0, 0.05) is 5.92 Å². The Bertz CT molecular complexity index is 909. The average Bonchev–Trinajstić information content (AvgIpc) is 3.08. The van der Waals surface area contributed by atoms with Gasteiger partial charge in [-0.1, -0.05) is 0 Å². The monoisotopic (exact) mass is 308 g/mol. The zero-order chi connectivity index (χ0) is 16.0. The van der Waals surface area contributed by atoms with E-state index in [0.29, 0.717) is 11.7 Å². The number of nitrogens with zero attached hydrogens (tertiary/aromatic N) is 6. The van der Waals surface area contributed by atoms with Gasteiger partial charge in [0.05, 0.1) is 30.3 Å². The molecule has 1 saturated carbocycles. The van der Waals surface area contributed by atoms with Crippen LogP contribution >= 0.6 is 0 Å². The molecule has 116 valence electrons. The van der Waals surface area contributed by atoms with E-state index in [0.717, 1.165) is 35.4 Å². The molecule has 3 aromatic rings. The van der Waals surface area contributed by atoms with Crippen molar-refractivity contribution in [2.45, 2.75) is 38.1 Å². The number of H-pyrrole nitrogens is 1. The highest BCUT2D eigenvalue weighted by molar-refractivity contribution is 5.86. The lowest BCUT2D eigenvalue weighted by Gasteiger charge is -2.15. The maximum Gasteiger partial charge on any atom is 0.160 e. The summed E-state index contributed by atoms with van der Waals surface area (Å²) in [5.41, 5.74) is 1.63. The van der Waals surface area contributed by atoms with Crippen molar-refractivity contribution >= 4 is 22.5 Å². The zero-order valence-electron chi connectivity index (χ0n) is 12.9. The lowest BCUT2D eigenvalue weighted by atomic mass is 10.1. The van der Waals surface area contributed by atoms with Crippen LogP contribution in [0, 0.1) is 11.3 Å². The van der Waals surface area contributed by atoms with Gasteiger partial charge in [-0.2, -0.15) is 15.5 Å². The van der Waals surface area contributed by atoms with E-state index in [9.17, 15) is 5.26 Å². The molecule has 0 saturated heterocycles. The smallest absolute Gasteiger partial charge is 0.160 e. The number of rotatable bonds is 4. The second-order valence-corrected chi connectivity index (χ2v) is 6.30. The molecule has 1 aliphatic carbocycles. The van der Waals surface area contributed by atoms with E-state index in [1.807, 2.05) is 13.8 Å². The van der Waals surface area contributed by atoms with Crippen molar-refractivity contribution < 1.29 is 0 Å². The molecule has 1 aliphatic rings. The number of aromatic amines is 1. The van der Waals surface area contributed by atoms with Crippen LogP contribution in [0.2, 0.25) is 0 Å². The number of nitrogens with one attached hydrogen (secondary N) is 2. The minimum atomic E-state index is -0.700. The molecule has 0 radical (unpaired) electrons. The predicted molar refractivity (Wildman–Crippen MR) is 84.1 cm³/mol. The molecule has 3 aromatic heterocycles. The molecule has 4 rings (SSSR count). The summed E-state index contributed by atoms with van der Waals surface area (Å²) in [7, 11) is 0. The molecule has 0 unspecified atom stereocenters. The van der Waals surface area contributed by atoms with E-state index in [4.69, 9.17) is 0 Å². The van der Waals surface area contributed by atoms with Crippen molar-refractivity contribution in [3.8, 4) is 6.07 Å². The summed E-state index contributed by atoms with van der Waals surface area (Å²) in [6.45, 7) is 3.62. The highest BCUT2D eigenvalue weighted by Crippen LogP contribution is 2.39. The standard InChI is InChI=1S/C15H16N8/c1-15(2,8-16)23-7-10(5-18-23)19-14-12-11(6-17-22-12)20-13(21-14)9-3-4-9/h5-7,9H,3-4H2,1-2H3,(H,17,22)(H,19,20,21). The molecule has 1 fully saturated rings. The highest BCUT2D eigenvalue weighted by atomic mass is 15.3. The molecule has 2 N–H and O–H groups in total. The minimum absolute atomic E-state index is 0.454. The van der Waals surface area contributed by atoms with Gasteiger partial charge in [0.15, 0.2) is 5.82 Å². The predicted octanol–water partition coefficient (Wildman–Crippen LogP) is 2.43. The van der Waals surface area contributed by atoms with Crippen LogP contribution in [0.15, 0.2) is 18.6 Å². The molecule has 0 amide bonds. The van der Waals surface area contributed by atoms with E-state index in [2.05, 4.69) is 36.7 Å². The summed E-state index contributed by atoms with van der Waals surface area (Å²) in [5, 5.41) is 23.7. The van der Waals surface area contributed by atoms with Gasteiger partial charge >= 0.3 is 0 Å². The largest absolute Gasteiger partial charge is 0.336 e. The number of hydrogen-bond donors (Lipinski definition) is 2. The van der Waals surface area contributed by atoms with E-state index >= 15 is 0 Å². The lowest BCUT2D eigenvalue weighted by molar-refractivity contribution is 0.419. The van der Waals surface area contributed by atoms with Crippen molar-refractivity contribution in [2.75, 3.05) is 5.32 Å². The maximum absolute atomic E-state index is 9.20. The van der Waals surface area contributed by atoms with Crippen LogP contribution in [0.4, 0.5) is 11.5 Å². The van der Waals surface area contributed by atoms with E-state index in [-0.39, 0.29) is 0 Å². The van der Waals surface area contributed by atoms with Gasteiger partial charge in [-0.15, -0.1) is 0 Å². The molecule has 0 spiro atoms. The van der Waals surface area contributed by atoms with Gasteiger partial charge in [-0.05, 0) is 26.7 Å². The SMILES string of the molecule is CC(C)(C#N)n1cc(Nc2nc(C3CC3)nc3cn[nH]c23)cn1. The minimum Gasteiger partial charge on any atom is -0.336 e. The molecular weight excluding hydrogens is 292 g/mol. The first kappa shape index (κ1) is 13.7. The second kappa shape index (κ2) is 4.78. The molecule has 0 aliphatic heterocycles. The Morgan fingerprint density at radius 3 is 2.91 bits per heavy atom. The summed E-state index contributed by atoms with van der Waals surface area (Å²) in [6, 6.07) is 2.22. The van der Waals surface area contributed by atoms with Crippen LogP contribution in [0.1, 0.15) is 38.4 Å². The molecule has 23 heavy (non-hydrogen) atoms. The van der Waals surface area contributed by atoms with E-state index in [1.54, 1.807) is 23.3 Å². The van der Waals surface area contributed by atoms with Gasteiger partial charge in [0.1, 0.15) is 22.4 Å². The Balaban J connectivity index is 1.70. The summed E-state index contributed by atoms with van der Waals surface area (Å²) in [6.07, 6.45) is 7.45. The van der Waals surface area contributed by atoms with Gasteiger partial charge in [0.25, 0.3) is 0 Å². The number of hydrogen-bond acceptors (Lipinski definition) is 6. The first-order valence-corrected chi connectivity index (χ1v) is 7.51. The number of nitriles is 1. The van der Waals surface area contributed by atoms with Crippen molar-refractivity contribution in [1.82, 2.24) is 29.9 Å². The quantitative estimate of drug-likeness (QED) is 0.766. The summed E-state index contributed by atoms with van der Waals surface area (Å²) in [5.74, 6) is 1.99. The molecule has 0 aromatic carbocycles. The van der Waals surface area contributed by atoms with Crippen LogP contribution < -0.4 is 5.32 Å². The summed E-state index contributed by atoms with van der Waals surface area (Å²) in [4.78, 5) is 9.17. The van der Waals surface area contributed by atoms with Gasteiger partial charge < -0.3 is 5.32 Å². The Morgan fingerprint density at radius 2 is 2.17 bits per heavy atom. The van der Waals surface area contributed by atoms with Gasteiger partial charge in [-0.25, -0.2) is 9.97 Å². The third kappa shape index (κ3) is 2.40. The molecule has 8 nitrogen and oxygen atoms in total. The van der Waals surface area contributed by atoms with Crippen LogP contribution in [0.5, 0.6) is 0 Å². The summed E-state index contributed by atoms with van der Waals surface area (Å²) >= 11 is 0. The fourth-order valence-electron chi connectivity index (χ4n) is 2.35. The van der Waals surface area contributed by atoms with Gasteiger partial charge in [-0.3, -0.25) is 9.78 Å². The Hall–Kier alpha value is -2.95. The third-order valence-electron chi connectivity index (χ3n) is 3.95. The van der Waals surface area contributed by atoms with Crippen LogP contribution in [0.25, 0.3) is 11.0 Å². The number of fused-ring (bicyclic) bond motifs is 1. The second-order valence-electron chi connectivity index (χ2n) is 6.30. The maximum atomic E-state index is 9.20. The number of anilines is 2. The fourth-order valence-corrected chi connectivity index (χ4v) is 2.35. The Labute approximate surface area is 132 Å². The summed E-state index contributed by atoms with van der Waals surface area (Å²) < 4.78 is 1.63. The normalized spacial score (nSPS) is 14.8. The molecular formula is C15H16N8. The third-order valence-corrected chi connectivity index (χ3v) is 3.95. The van der Waals surface area contributed by atoms with E-state index in [1.165, 1.54) is 0 Å². The molecule has 8 heteroatoms. The number of aromatic nitrogens is 6. The first-order chi connectivity index (χ1) is 11.1. The zero-order valence-corrected chi connectivity index (χ0v) is 12.9. The van der Waals surface area contributed by atoms with Crippen molar-refractivity contribution in [1.29, 1.82) is 5.26 Å². The highest BCUT2D eigenvalue weighted by Gasteiger charge is 2.28. The molecule has 0 atom stereocenters. The van der Waals surface area contributed by atoms with Crippen LogP contribution in [-0.4, -0.2) is 29.9 Å². The fraction of sp³-hybridized carbons (Fsp3) is 0.400. The van der Waals surface area contributed by atoms with Crippen LogP contribution in [0.3, 0.4) is 0 Å². The van der Waals surface area contributed by atoms with Gasteiger partial charge in [0.2, 0.25) is 0 Å². The van der Waals surface area contributed by atoms with Crippen molar-refractivity contribution in [2.24, 2.45) is 0 Å². The average molecular weight is 308 g/mol. The van der Waals surface area contributed by atoms with Crippen molar-refractivity contribution in [3.05, 3.63) is 24.4 Å². The van der Waals surface area contributed by atoms with E-state index < -0.39 is 5.54 Å². The van der Waals surface area contributed by atoms with Crippen LogP contribution in [-0.2, 0) is 5.54 Å².